The number of benzene rings is 1. The molecule has 0 aliphatic heterocycles. The van der Waals surface area contributed by atoms with Gasteiger partial charge in [0.2, 0.25) is 0 Å². The molecule has 0 fully saturated rings. The maximum Gasteiger partial charge on any atom is 0.398 e. The second-order valence-electron chi connectivity index (χ2n) is 4.52. The summed E-state index contributed by atoms with van der Waals surface area (Å²) in [5.41, 5.74) is -2.64. The first-order valence-corrected chi connectivity index (χ1v) is 6.10. The van der Waals surface area contributed by atoms with E-state index in [2.05, 4.69) is 15.9 Å². The van der Waals surface area contributed by atoms with Crippen molar-refractivity contribution in [2.45, 2.75) is 38.8 Å². The molecule has 18 heavy (non-hydrogen) atoms. The number of hydrogen-bond acceptors (Lipinski definition) is 1. The van der Waals surface area contributed by atoms with Gasteiger partial charge in [0, 0.05) is 15.6 Å². The van der Waals surface area contributed by atoms with E-state index in [1.165, 1.54) is 0 Å². The Bertz CT molecular complexity index is 466. The Kier molecular flexibility index (Phi) is 4.00. The van der Waals surface area contributed by atoms with Crippen LogP contribution in [0.5, 0.6) is 5.75 Å². The average Bonchev–Trinajstić information content (AvgIpc) is 2.22. The van der Waals surface area contributed by atoms with Crippen molar-refractivity contribution < 1.29 is 22.7 Å². The Morgan fingerprint density at radius 3 is 2.17 bits per heavy atom. The van der Waals surface area contributed by atoms with Crippen LogP contribution in [0.15, 0.2) is 10.5 Å². The number of phenols is 1. The summed E-state index contributed by atoms with van der Waals surface area (Å²) in [6.07, 6.45) is -4.31. The topological polar surface area (TPSA) is 20.2 Å². The van der Waals surface area contributed by atoms with Gasteiger partial charge in [0.1, 0.15) is 0 Å². The Hall–Kier alpha value is -0.780. The van der Waals surface area contributed by atoms with Gasteiger partial charge < -0.3 is 5.11 Å². The van der Waals surface area contributed by atoms with E-state index < -0.39 is 28.7 Å². The molecule has 0 bridgehead atoms. The zero-order valence-corrected chi connectivity index (χ0v) is 11.7. The van der Waals surface area contributed by atoms with E-state index in [0.717, 1.165) is 19.9 Å². The SMILES string of the molecule is CCc1c(Br)cc(C(C)(C)C(F)(F)F)c(O)c1F. The predicted octanol–water partition coefficient (Wildman–Crippen LogP) is 4.70. The normalized spacial score (nSPS) is 12.9. The molecule has 1 nitrogen and oxygen atoms in total. The first-order chi connectivity index (χ1) is 8.04. The Morgan fingerprint density at radius 2 is 1.78 bits per heavy atom. The van der Waals surface area contributed by atoms with E-state index >= 15 is 0 Å². The lowest BCUT2D eigenvalue weighted by Crippen LogP contribution is -2.36. The quantitative estimate of drug-likeness (QED) is 0.780. The van der Waals surface area contributed by atoms with Crippen LogP contribution in [-0.4, -0.2) is 11.3 Å². The molecule has 0 unspecified atom stereocenters. The van der Waals surface area contributed by atoms with Gasteiger partial charge in [-0.3, -0.25) is 0 Å². The largest absolute Gasteiger partial charge is 0.505 e. The molecule has 0 heterocycles. The fourth-order valence-corrected chi connectivity index (χ4v) is 2.28. The molecule has 0 saturated carbocycles. The van der Waals surface area contributed by atoms with Gasteiger partial charge in [-0.2, -0.15) is 13.2 Å². The van der Waals surface area contributed by atoms with E-state index in [4.69, 9.17) is 0 Å². The van der Waals surface area contributed by atoms with Gasteiger partial charge in [-0.05, 0) is 26.3 Å². The van der Waals surface area contributed by atoms with Crippen molar-refractivity contribution in [3.8, 4) is 5.75 Å². The molecule has 0 spiro atoms. The first kappa shape index (κ1) is 15.3. The van der Waals surface area contributed by atoms with Gasteiger partial charge in [0.05, 0.1) is 5.41 Å². The molecular weight excluding hydrogens is 316 g/mol. The second-order valence-corrected chi connectivity index (χ2v) is 5.38. The highest BCUT2D eigenvalue weighted by molar-refractivity contribution is 9.10. The average molecular weight is 329 g/mol. The minimum Gasteiger partial charge on any atom is -0.505 e. The van der Waals surface area contributed by atoms with Crippen LogP contribution < -0.4 is 0 Å². The summed E-state index contributed by atoms with van der Waals surface area (Å²) in [4.78, 5) is 0. The van der Waals surface area contributed by atoms with Crippen molar-refractivity contribution in [1.82, 2.24) is 0 Å². The van der Waals surface area contributed by atoms with Crippen molar-refractivity contribution in [2.24, 2.45) is 0 Å². The minimum absolute atomic E-state index is 0.161. The van der Waals surface area contributed by atoms with Crippen molar-refractivity contribution in [3.05, 3.63) is 27.5 Å². The maximum absolute atomic E-state index is 13.8. The molecule has 0 saturated heterocycles. The number of rotatable bonds is 2. The third kappa shape index (κ3) is 2.35. The van der Waals surface area contributed by atoms with E-state index in [-0.39, 0.29) is 16.5 Å². The van der Waals surface area contributed by atoms with Crippen LogP contribution in [0.25, 0.3) is 0 Å². The molecular formula is C12H13BrF4O. The molecule has 1 aromatic rings. The summed E-state index contributed by atoms with van der Waals surface area (Å²) in [5, 5.41) is 9.64. The van der Waals surface area contributed by atoms with E-state index in [0.29, 0.717) is 0 Å². The number of phenolic OH excluding ortho intramolecular Hbond substituents is 1. The highest BCUT2D eigenvalue weighted by atomic mass is 79.9. The molecule has 1 rings (SSSR count). The van der Waals surface area contributed by atoms with Crippen molar-refractivity contribution in [3.63, 3.8) is 0 Å². The van der Waals surface area contributed by atoms with Crippen LogP contribution >= 0.6 is 15.9 Å². The number of hydrogen-bond donors (Lipinski definition) is 1. The summed E-state index contributed by atoms with van der Waals surface area (Å²) >= 11 is 3.03. The first-order valence-electron chi connectivity index (χ1n) is 5.31. The summed E-state index contributed by atoms with van der Waals surface area (Å²) in [6.45, 7) is 3.45. The lowest BCUT2D eigenvalue weighted by Gasteiger charge is -2.29. The molecule has 102 valence electrons. The summed E-state index contributed by atoms with van der Waals surface area (Å²) in [5.74, 6) is -1.93. The van der Waals surface area contributed by atoms with Crippen LogP contribution in [0.1, 0.15) is 31.9 Å². The van der Waals surface area contributed by atoms with Gasteiger partial charge in [0.25, 0.3) is 0 Å². The molecule has 0 radical (unpaired) electrons. The summed E-state index contributed by atoms with van der Waals surface area (Å²) in [6, 6.07) is 1.13. The van der Waals surface area contributed by atoms with Crippen molar-refractivity contribution >= 4 is 15.9 Å². The molecule has 0 amide bonds. The zero-order chi connectivity index (χ0) is 14.3. The van der Waals surface area contributed by atoms with Crippen LogP contribution in [0.2, 0.25) is 0 Å². The van der Waals surface area contributed by atoms with Crippen molar-refractivity contribution in [1.29, 1.82) is 0 Å². The van der Waals surface area contributed by atoms with E-state index in [1.807, 2.05) is 0 Å². The summed E-state index contributed by atoms with van der Waals surface area (Å²) < 4.78 is 52.7. The Labute approximate surface area is 111 Å². The monoisotopic (exact) mass is 328 g/mol. The summed E-state index contributed by atoms with van der Waals surface area (Å²) in [7, 11) is 0. The minimum atomic E-state index is -4.58. The lowest BCUT2D eigenvalue weighted by atomic mass is 9.82. The highest BCUT2D eigenvalue weighted by Crippen LogP contribution is 2.46. The van der Waals surface area contributed by atoms with E-state index in [9.17, 15) is 22.7 Å². The van der Waals surface area contributed by atoms with Crippen LogP contribution in [-0.2, 0) is 11.8 Å². The molecule has 0 aromatic heterocycles. The lowest BCUT2D eigenvalue weighted by molar-refractivity contribution is -0.180. The predicted molar refractivity (Wildman–Crippen MR) is 64.2 cm³/mol. The molecule has 0 aliphatic rings. The van der Waals surface area contributed by atoms with Gasteiger partial charge in [0.15, 0.2) is 11.6 Å². The second kappa shape index (κ2) is 4.72. The van der Waals surface area contributed by atoms with Crippen LogP contribution in [0.4, 0.5) is 17.6 Å². The third-order valence-electron chi connectivity index (χ3n) is 3.02. The Balaban J connectivity index is 3.54. The molecule has 1 N–H and O–H groups in total. The number of aromatic hydroxyl groups is 1. The smallest absolute Gasteiger partial charge is 0.398 e. The van der Waals surface area contributed by atoms with Gasteiger partial charge >= 0.3 is 6.18 Å². The van der Waals surface area contributed by atoms with Gasteiger partial charge in [-0.15, -0.1) is 0 Å². The third-order valence-corrected chi connectivity index (χ3v) is 3.73. The molecule has 1 aromatic carbocycles. The van der Waals surface area contributed by atoms with Crippen molar-refractivity contribution in [2.75, 3.05) is 0 Å². The Morgan fingerprint density at radius 1 is 1.28 bits per heavy atom. The van der Waals surface area contributed by atoms with Gasteiger partial charge in [-0.1, -0.05) is 22.9 Å². The van der Waals surface area contributed by atoms with Crippen LogP contribution in [0, 0.1) is 5.82 Å². The van der Waals surface area contributed by atoms with Gasteiger partial charge in [-0.25, -0.2) is 4.39 Å². The number of halogens is 5. The standard InChI is InChI=1S/C12H13BrF4O/c1-4-6-8(13)5-7(10(18)9(6)14)11(2,3)12(15,16)17/h5,18H,4H2,1-3H3. The van der Waals surface area contributed by atoms with Crippen LogP contribution in [0.3, 0.4) is 0 Å². The number of alkyl halides is 3. The molecule has 6 heteroatoms. The fraction of sp³-hybridized carbons (Fsp3) is 0.500. The fourth-order valence-electron chi connectivity index (χ4n) is 1.60. The highest BCUT2D eigenvalue weighted by Gasteiger charge is 2.50. The van der Waals surface area contributed by atoms with E-state index in [1.54, 1.807) is 6.92 Å². The maximum atomic E-state index is 13.8. The zero-order valence-electron chi connectivity index (χ0n) is 10.1. The molecule has 0 atom stereocenters. The molecule has 0 aliphatic carbocycles.